The van der Waals surface area contributed by atoms with Crippen LogP contribution in [0.25, 0.3) is 0 Å². The Morgan fingerprint density at radius 1 is 1.17 bits per heavy atom. The number of nitrogens with zero attached hydrogens (tertiary/aromatic N) is 1. The zero-order chi connectivity index (χ0) is 16.5. The molecule has 0 amide bonds. The third-order valence-electron chi connectivity index (χ3n) is 4.31. The number of nitrogens with one attached hydrogen (secondary N) is 1. The van der Waals surface area contributed by atoms with Gasteiger partial charge in [0.05, 0.1) is 5.04 Å². The van der Waals surface area contributed by atoms with Gasteiger partial charge in [0.1, 0.15) is 0 Å². The van der Waals surface area contributed by atoms with Gasteiger partial charge in [0.15, 0.2) is 0 Å². The van der Waals surface area contributed by atoms with Crippen LogP contribution in [0, 0.1) is 17.2 Å². The topological polar surface area (TPSA) is 53.1 Å². The molecular weight excluding hydrogens is 302 g/mol. The van der Waals surface area contributed by atoms with Crippen molar-refractivity contribution < 1.29 is 0 Å². The Labute approximate surface area is 144 Å². The summed E-state index contributed by atoms with van der Waals surface area (Å²) in [6, 6.07) is 0. The Hall–Kier alpha value is -1.26. The first-order chi connectivity index (χ1) is 11.2. The molecule has 0 bridgehead atoms. The average Bonchev–Trinajstić information content (AvgIpc) is 3.40. The fraction of sp³-hybridized carbons (Fsp3) is 0.526. The van der Waals surface area contributed by atoms with E-state index >= 15 is 0 Å². The molecule has 1 saturated carbocycles. The van der Waals surface area contributed by atoms with Gasteiger partial charge in [-0.3, -0.25) is 5.41 Å². The number of allylic oxidation sites excluding steroid dienone is 6. The minimum Gasteiger partial charge on any atom is -0.377 e. The molecule has 1 aliphatic carbocycles. The first kappa shape index (κ1) is 18.1. The smallest absolute Gasteiger partial charge is 0.0714 e. The molecule has 3 N–H and O–H groups in total. The van der Waals surface area contributed by atoms with Crippen molar-refractivity contribution in [2.45, 2.75) is 32.6 Å². The predicted octanol–water partition coefficient (Wildman–Crippen LogP) is 4.31. The van der Waals surface area contributed by atoms with Crippen LogP contribution in [-0.4, -0.2) is 29.6 Å². The molecule has 4 heteroatoms. The first-order valence-electron chi connectivity index (χ1n) is 8.60. The number of piperidine rings is 1. The number of thioether (sulfide) groups is 1. The molecule has 0 aromatic carbocycles. The summed E-state index contributed by atoms with van der Waals surface area (Å²) in [6.07, 6.45) is 17.4. The zero-order valence-electron chi connectivity index (χ0n) is 14.1. The maximum absolute atomic E-state index is 7.96. The van der Waals surface area contributed by atoms with E-state index in [4.69, 9.17) is 11.1 Å². The fourth-order valence-corrected chi connectivity index (χ4v) is 3.38. The van der Waals surface area contributed by atoms with Crippen LogP contribution >= 0.6 is 11.8 Å². The van der Waals surface area contributed by atoms with Gasteiger partial charge in [-0.1, -0.05) is 36.1 Å². The number of nitrogens with two attached hydrogens (primary N) is 1. The van der Waals surface area contributed by atoms with Crippen LogP contribution < -0.4 is 5.73 Å². The Bertz CT molecular complexity index is 493. The Morgan fingerprint density at radius 2 is 1.91 bits per heavy atom. The normalized spacial score (nSPS) is 21.1. The molecular formula is C19H29N3S. The molecule has 1 aliphatic heterocycles. The van der Waals surface area contributed by atoms with Crippen molar-refractivity contribution in [3.8, 4) is 0 Å². The van der Waals surface area contributed by atoms with Crippen molar-refractivity contribution in [1.82, 2.24) is 4.90 Å². The molecule has 23 heavy (non-hydrogen) atoms. The lowest BCUT2D eigenvalue weighted by Crippen LogP contribution is -2.32. The Balaban J connectivity index is 1.93. The standard InChI is InChI=1S/C19H29N3S/c1-2-3-4-5-17(10-13-23-19(21)18-6-7-18)15-22-11-8-16(14-20)9-12-22/h2-5,10,13,15-16,18,21H,6-9,11-12,14,20H2,1H3/b3-2+,5-4-,13-10+,17-15-,21-19?. The Morgan fingerprint density at radius 3 is 2.52 bits per heavy atom. The lowest BCUT2D eigenvalue weighted by molar-refractivity contribution is 0.247. The van der Waals surface area contributed by atoms with E-state index in [2.05, 4.69) is 34.7 Å². The summed E-state index contributed by atoms with van der Waals surface area (Å²) in [5.41, 5.74) is 6.95. The monoisotopic (exact) mass is 331 g/mol. The minimum absolute atomic E-state index is 0.533. The average molecular weight is 332 g/mol. The number of hydrogen-bond acceptors (Lipinski definition) is 4. The maximum atomic E-state index is 7.96. The van der Waals surface area contributed by atoms with Crippen molar-refractivity contribution in [2.75, 3.05) is 19.6 Å². The van der Waals surface area contributed by atoms with Gasteiger partial charge in [0.2, 0.25) is 0 Å². The van der Waals surface area contributed by atoms with Gasteiger partial charge in [0, 0.05) is 25.2 Å². The minimum atomic E-state index is 0.533. The SMILES string of the molecule is C/C=C/C=C\C(=C\N1CCC(CN)CC1)\C=C\SC(=N)C1CC1. The fourth-order valence-electron chi connectivity index (χ4n) is 2.58. The van der Waals surface area contributed by atoms with Crippen LogP contribution in [0.5, 0.6) is 0 Å². The van der Waals surface area contributed by atoms with Crippen molar-refractivity contribution >= 4 is 16.8 Å². The highest BCUT2D eigenvalue weighted by molar-refractivity contribution is 8.16. The summed E-state index contributed by atoms with van der Waals surface area (Å²) < 4.78 is 0. The van der Waals surface area contributed by atoms with Crippen LogP contribution in [0.15, 0.2) is 47.6 Å². The highest BCUT2D eigenvalue weighted by atomic mass is 32.2. The van der Waals surface area contributed by atoms with Gasteiger partial charge in [-0.05, 0) is 62.1 Å². The van der Waals surface area contributed by atoms with Crippen LogP contribution in [0.2, 0.25) is 0 Å². The summed E-state index contributed by atoms with van der Waals surface area (Å²) in [5, 5.41) is 10.8. The second-order valence-electron chi connectivity index (χ2n) is 6.29. The number of hydrogen-bond donors (Lipinski definition) is 2. The van der Waals surface area contributed by atoms with Gasteiger partial charge in [-0.25, -0.2) is 0 Å². The van der Waals surface area contributed by atoms with E-state index in [9.17, 15) is 0 Å². The van der Waals surface area contributed by atoms with Gasteiger partial charge in [0.25, 0.3) is 0 Å². The van der Waals surface area contributed by atoms with Crippen LogP contribution in [0.3, 0.4) is 0 Å². The van der Waals surface area contributed by atoms with E-state index in [-0.39, 0.29) is 0 Å². The third kappa shape index (κ3) is 6.80. The summed E-state index contributed by atoms with van der Waals surface area (Å²) in [7, 11) is 0. The van der Waals surface area contributed by atoms with Crippen LogP contribution in [-0.2, 0) is 0 Å². The van der Waals surface area contributed by atoms with E-state index in [0.717, 1.165) is 24.7 Å². The summed E-state index contributed by atoms with van der Waals surface area (Å²) >= 11 is 1.56. The Kier molecular flexibility index (Phi) is 7.69. The van der Waals surface area contributed by atoms with Gasteiger partial charge < -0.3 is 10.6 Å². The second-order valence-corrected chi connectivity index (χ2v) is 7.24. The highest BCUT2D eigenvalue weighted by Crippen LogP contribution is 2.34. The van der Waals surface area contributed by atoms with Crippen molar-refractivity contribution in [3.05, 3.63) is 47.6 Å². The lowest BCUT2D eigenvalue weighted by Gasteiger charge is -2.30. The quantitative estimate of drug-likeness (QED) is 0.415. The van der Waals surface area contributed by atoms with Crippen LogP contribution in [0.1, 0.15) is 32.6 Å². The summed E-state index contributed by atoms with van der Waals surface area (Å²) in [5.74, 6) is 1.22. The van der Waals surface area contributed by atoms with Gasteiger partial charge in [-0.15, -0.1) is 0 Å². The van der Waals surface area contributed by atoms with Gasteiger partial charge in [-0.2, -0.15) is 0 Å². The maximum Gasteiger partial charge on any atom is 0.0714 e. The van der Waals surface area contributed by atoms with Crippen molar-refractivity contribution in [1.29, 1.82) is 5.41 Å². The summed E-state index contributed by atoms with van der Waals surface area (Å²) in [6.45, 7) is 5.00. The van der Waals surface area contributed by atoms with Crippen LogP contribution in [0.4, 0.5) is 0 Å². The van der Waals surface area contributed by atoms with E-state index in [1.807, 2.05) is 19.1 Å². The lowest BCUT2D eigenvalue weighted by atomic mass is 9.97. The predicted molar refractivity (Wildman–Crippen MR) is 103 cm³/mol. The molecule has 2 aliphatic rings. The molecule has 0 radical (unpaired) electrons. The zero-order valence-corrected chi connectivity index (χ0v) is 14.9. The first-order valence-corrected chi connectivity index (χ1v) is 9.48. The van der Waals surface area contributed by atoms with E-state index in [0.29, 0.717) is 11.8 Å². The molecule has 3 nitrogen and oxygen atoms in total. The molecule has 0 atom stereocenters. The number of rotatable bonds is 7. The van der Waals surface area contributed by atoms with Gasteiger partial charge >= 0.3 is 0 Å². The van der Waals surface area contributed by atoms with Crippen molar-refractivity contribution in [3.63, 3.8) is 0 Å². The molecule has 126 valence electrons. The molecule has 2 fully saturated rings. The molecule has 0 aromatic heterocycles. The largest absolute Gasteiger partial charge is 0.377 e. The number of likely N-dealkylation sites (tertiary alicyclic amines) is 1. The molecule has 0 spiro atoms. The van der Waals surface area contributed by atoms with E-state index < -0.39 is 0 Å². The second kappa shape index (κ2) is 9.78. The van der Waals surface area contributed by atoms with E-state index in [1.165, 1.54) is 31.3 Å². The molecule has 2 rings (SSSR count). The third-order valence-corrected chi connectivity index (χ3v) is 5.17. The summed E-state index contributed by atoms with van der Waals surface area (Å²) in [4.78, 5) is 2.39. The molecule has 1 heterocycles. The highest BCUT2D eigenvalue weighted by Gasteiger charge is 2.25. The molecule has 1 saturated heterocycles. The van der Waals surface area contributed by atoms with E-state index in [1.54, 1.807) is 11.8 Å². The molecule has 0 unspecified atom stereocenters. The molecule has 0 aromatic rings. The van der Waals surface area contributed by atoms with Crippen molar-refractivity contribution in [2.24, 2.45) is 17.6 Å².